The van der Waals surface area contributed by atoms with Crippen molar-refractivity contribution in [2.45, 2.75) is 25.7 Å². The number of rotatable bonds is 3. The lowest BCUT2D eigenvalue weighted by Crippen LogP contribution is -2.26. The Balaban J connectivity index is 1.54. The molecule has 1 fully saturated rings. The molecule has 0 aromatic carbocycles. The Morgan fingerprint density at radius 1 is 1.12 bits per heavy atom. The van der Waals surface area contributed by atoms with Gasteiger partial charge in [0.15, 0.2) is 16.4 Å². The maximum absolute atomic E-state index is 5.55. The standard InChI is InChI=1S/C19H21N5OS/c1-12-8-23-9-14(7-16(25-2)18(23)21-12)17-11-24-10-15(22-19(24)26-17)13-3-5-20-6-4-13/h7-11,13,20H,3-6H2,1-2H3. The van der Waals surface area contributed by atoms with Crippen LogP contribution in [0.4, 0.5) is 0 Å². The Labute approximate surface area is 155 Å². The van der Waals surface area contributed by atoms with Crippen LogP contribution in [0.1, 0.15) is 30.1 Å². The number of hydrogen-bond donors (Lipinski definition) is 1. The van der Waals surface area contributed by atoms with Gasteiger partial charge < -0.3 is 14.5 Å². The van der Waals surface area contributed by atoms with Gasteiger partial charge in [0, 0.05) is 36.3 Å². The van der Waals surface area contributed by atoms with Crippen LogP contribution in [0.3, 0.4) is 0 Å². The van der Waals surface area contributed by atoms with Crippen LogP contribution in [0.15, 0.2) is 30.9 Å². The van der Waals surface area contributed by atoms with Crippen LogP contribution in [0.5, 0.6) is 5.75 Å². The topological polar surface area (TPSA) is 55.9 Å². The van der Waals surface area contributed by atoms with Gasteiger partial charge in [-0.3, -0.25) is 4.40 Å². The molecule has 6 nitrogen and oxygen atoms in total. The van der Waals surface area contributed by atoms with E-state index in [2.05, 4.69) is 39.4 Å². The number of hydrogen-bond acceptors (Lipinski definition) is 5. The van der Waals surface area contributed by atoms with Crippen molar-refractivity contribution >= 4 is 21.9 Å². The predicted octanol–water partition coefficient (Wildman–Crippen LogP) is 3.49. The number of pyridine rings is 1. The molecule has 0 amide bonds. The fraction of sp³-hybridized carbons (Fsp3) is 0.368. The molecule has 0 unspecified atom stereocenters. The van der Waals surface area contributed by atoms with Gasteiger partial charge in [0.25, 0.3) is 0 Å². The normalized spacial score (nSPS) is 15.9. The SMILES string of the molecule is COc1cc(-c2cn3cc(C4CCNCC4)nc3s2)cn2cc(C)nc12. The molecule has 5 heterocycles. The first-order valence-corrected chi connectivity index (χ1v) is 9.76. The van der Waals surface area contributed by atoms with Crippen molar-refractivity contribution in [3.63, 3.8) is 0 Å². The minimum atomic E-state index is 0.581. The van der Waals surface area contributed by atoms with E-state index in [1.165, 1.54) is 23.4 Å². The second-order valence-corrected chi connectivity index (χ2v) is 7.89. The quantitative estimate of drug-likeness (QED) is 0.602. The summed E-state index contributed by atoms with van der Waals surface area (Å²) >= 11 is 1.72. The highest BCUT2D eigenvalue weighted by Crippen LogP contribution is 2.34. The summed E-state index contributed by atoms with van der Waals surface area (Å²) in [5, 5.41) is 3.42. The van der Waals surface area contributed by atoms with E-state index in [1.54, 1.807) is 18.4 Å². The number of thiazole rings is 1. The molecule has 1 saturated heterocycles. The first-order chi connectivity index (χ1) is 12.7. The smallest absolute Gasteiger partial charge is 0.194 e. The Hall–Kier alpha value is -2.38. The van der Waals surface area contributed by atoms with Crippen LogP contribution in [0, 0.1) is 6.92 Å². The van der Waals surface area contributed by atoms with Crippen molar-refractivity contribution in [3.05, 3.63) is 42.2 Å². The number of aryl methyl sites for hydroxylation is 1. The molecular weight excluding hydrogens is 346 g/mol. The highest BCUT2D eigenvalue weighted by atomic mass is 32.1. The van der Waals surface area contributed by atoms with Gasteiger partial charge in [-0.15, -0.1) is 0 Å². The summed E-state index contributed by atoms with van der Waals surface area (Å²) in [6.07, 6.45) is 10.8. The van der Waals surface area contributed by atoms with Crippen molar-refractivity contribution in [2.75, 3.05) is 20.2 Å². The van der Waals surface area contributed by atoms with Gasteiger partial charge >= 0.3 is 0 Å². The molecule has 5 rings (SSSR count). The maximum Gasteiger partial charge on any atom is 0.194 e. The predicted molar refractivity (Wildman–Crippen MR) is 103 cm³/mol. The Morgan fingerprint density at radius 3 is 2.73 bits per heavy atom. The second kappa shape index (κ2) is 6.10. The second-order valence-electron chi connectivity index (χ2n) is 6.89. The Bertz CT molecular complexity index is 1050. The van der Waals surface area contributed by atoms with E-state index in [4.69, 9.17) is 9.72 Å². The molecule has 0 bridgehead atoms. The molecule has 4 aromatic rings. The van der Waals surface area contributed by atoms with Gasteiger partial charge in [0.05, 0.1) is 23.4 Å². The number of nitrogens with zero attached hydrogens (tertiary/aromatic N) is 4. The van der Waals surface area contributed by atoms with Crippen LogP contribution in [-0.2, 0) is 0 Å². The summed E-state index contributed by atoms with van der Waals surface area (Å²) in [7, 11) is 1.69. The monoisotopic (exact) mass is 367 g/mol. The molecule has 0 aliphatic carbocycles. The number of fused-ring (bicyclic) bond motifs is 2. The van der Waals surface area contributed by atoms with Crippen molar-refractivity contribution in [2.24, 2.45) is 0 Å². The third-order valence-electron chi connectivity index (χ3n) is 5.07. The van der Waals surface area contributed by atoms with Crippen molar-refractivity contribution in [1.29, 1.82) is 0 Å². The molecule has 0 saturated carbocycles. The lowest BCUT2D eigenvalue weighted by Gasteiger charge is -2.20. The average molecular weight is 367 g/mol. The molecular formula is C19H21N5OS. The zero-order chi connectivity index (χ0) is 17.7. The van der Waals surface area contributed by atoms with Gasteiger partial charge in [-0.05, 0) is 38.9 Å². The molecule has 4 aromatic heterocycles. The molecule has 0 spiro atoms. The van der Waals surface area contributed by atoms with Gasteiger partial charge in [-0.2, -0.15) is 0 Å². The maximum atomic E-state index is 5.55. The number of piperidine rings is 1. The summed E-state index contributed by atoms with van der Waals surface area (Å²) in [5.74, 6) is 1.37. The first kappa shape index (κ1) is 15.8. The Kier molecular flexibility index (Phi) is 3.72. The van der Waals surface area contributed by atoms with Crippen LogP contribution in [-0.4, -0.2) is 39.0 Å². The molecule has 1 N–H and O–H groups in total. The summed E-state index contributed by atoms with van der Waals surface area (Å²) in [4.78, 5) is 11.7. The zero-order valence-electron chi connectivity index (χ0n) is 14.9. The third kappa shape index (κ3) is 2.59. The lowest BCUT2D eigenvalue weighted by atomic mass is 9.95. The highest BCUT2D eigenvalue weighted by Gasteiger charge is 2.19. The zero-order valence-corrected chi connectivity index (χ0v) is 15.7. The van der Waals surface area contributed by atoms with Gasteiger partial charge in [0.1, 0.15) is 0 Å². The molecule has 1 aliphatic rings. The number of methoxy groups -OCH3 is 1. The minimum absolute atomic E-state index is 0.581. The van der Waals surface area contributed by atoms with Crippen LogP contribution in [0.2, 0.25) is 0 Å². The number of nitrogens with one attached hydrogen (secondary N) is 1. The largest absolute Gasteiger partial charge is 0.493 e. The van der Waals surface area contributed by atoms with E-state index >= 15 is 0 Å². The minimum Gasteiger partial charge on any atom is -0.493 e. The number of aromatic nitrogens is 4. The number of ether oxygens (including phenoxy) is 1. The summed E-state index contributed by atoms with van der Waals surface area (Å²) < 4.78 is 9.74. The average Bonchev–Trinajstić information content (AvgIpc) is 3.33. The molecule has 7 heteroatoms. The van der Waals surface area contributed by atoms with E-state index in [-0.39, 0.29) is 0 Å². The third-order valence-corrected chi connectivity index (χ3v) is 6.12. The van der Waals surface area contributed by atoms with E-state index in [0.717, 1.165) is 40.7 Å². The molecule has 0 atom stereocenters. The van der Waals surface area contributed by atoms with Gasteiger partial charge in [0.2, 0.25) is 0 Å². The molecule has 0 radical (unpaired) electrons. The van der Waals surface area contributed by atoms with Crippen molar-refractivity contribution < 1.29 is 4.74 Å². The number of imidazole rings is 2. The van der Waals surface area contributed by atoms with Crippen LogP contribution < -0.4 is 10.1 Å². The van der Waals surface area contributed by atoms with E-state index in [1.807, 2.05) is 17.5 Å². The summed E-state index contributed by atoms with van der Waals surface area (Å²) in [6, 6.07) is 2.06. The molecule has 1 aliphatic heterocycles. The van der Waals surface area contributed by atoms with Crippen molar-refractivity contribution in [3.8, 4) is 16.2 Å². The van der Waals surface area contributed by atoms with Gasteiger partial charge in [-0.25, -0.2) is 9.97 Å². The summed E-state index contributed by atoms with van der Waals surface area (Å²) in [5.41, 5.74) is 4.17. The highest BCUT2D eigenvalue weighted by molar-refractivity contribution is 7.20. The summed E-state index contributed by atoms with van der Waals surface area (Å²) in [6.45, 7) is 4.17. The fourth-order valence-corrected chi connectivity index (χ4v) is 4.69. The van der Waals surface area contributed by atoms with E-state index < -0.39 is 0 Å². The molecule has 26 heavy (non-hydrogen) atoms. The first-order valence-electron chi connectivity index (χ1n) is 8.94. The van der Waals surface area contributed by atoms with Gasteiger partial charge in [-0.1, -0.05) is 11.3 Å². The molecule has 134 valence electrons. The Morgan fingerprint density at radius 2 is 1.96 bits per heavy atom. The van der Waals surface area contributed by atoms with Crippen LogP contribution in [0.25, 0.3) is 21.0 Å². The fourth-order valence-electron chi connectivity index (χ4n) is 3.74. The van der Waals surface area contributed by atoms with E-state index in [0.29, 0.717) is 5.92 Å². The van der Waals surface area contributed by atoms with Crippen LogP contribution >= 0.6 is 11.3 Å². The van der Waals surface area contributed by atoms with E-state index in [9.17, 15) is 0 Å². The lowest BCUT2D eigenvalue weighted by molar-refractivity contribution is 0.417. The van der Waals surface area contributed by atoms with Crippen molar-refractivity contribution in [1.82, 2.24) is 24.1 Å².